The quantitative estimate of drug-likeness (QED) is 0.802. The molecule has 2 aromatic rings. The predicted molar refractivity (Wildman–Crippen MR) is 64.2 cm³/mol. The van der Waals surface area contributed by atoms with E-state index in [2.05, 4.69) is 22.4 Å². The molecule has 0 saturated heterocycles. The lowest BCUT2D eigenvalue weighted by atomic mass is 10.1. The van der Waals surface area contributed by atoms with Crippen LogP contribution in [0, 0.1) is 18.3 Å². The van der Waals surface area contributed by atoms with Crippen molar-refractivity contribution in [2.75, 3.05) is 0 Å². The van der Waals surface area contributed by atoms with Gasteiger partial charge in [-0.05, 0) is 25.3 Å². The fourth-order valence-corrected chi connectivity index (χ4v) is 1.75. The van der Waals surface area contributed by atoms with Crippen LogP contribution in [0.2, 0.25) is 0 Å². The van der Waals surface area contributed by atoms with Gasteiger partial charge in [0, 0.05) is 6.54 Å². The van der Waals surface area contributed by atoms with Crippen molar-refractivity contribution in [3.8, 4) is 6.07 Å². The Balaban J connectivity index is 1.91. The molecule has 0 radical (unpaired) electrons. The molecule has 0 atom stereocenters. The normalized spacial score (nSPS) is 10.1. The van der Waals surface area contributed by atoms with Gasteiger partial charge in [0.1, 0.15) is 6.07 Å². The highest BCUT2D eigenvalue weighted by atomic mass is 15.4. The fraction of sp³-hybridized carbons (Fsp3) is 0.308. The molecule has 0 unspecified atom stereocenters. The number of hydrogen-bond donors (Lipinski definition) is 0. The maximum atomic E-state index is 8.77. The first-order chi connectivity index (χ1) is 8.31. The second-order valence-electron chi connectivity index (χ2n) is 3.95. The molecule has 0 saturated carbocycles. The summed E-state index contributed by atoms with van der Waals surface area (Å²) in [6, 6.07) is 12.4. The van der Waals surface area contributed by atoms with Gasteiger partial charge in [-0.15, -0.1) is 5.10 Å². The van der Waals surface area contributed by atoms with Gasteiger partial charge >= 0.3 is 0 Å². The molecule has 0 bridgehead atoms. The van der Waals surface area contributed by atoms with Gasteiger partial charge in [0.25, 0.3) is 0 Å². The van der Waals surface area contributed by atoms with Crippen molar-refractivity contribution in [2.24, 2.45) is 0 Å². The van der Waals surface area contributed by atoms with E-state index >= 15 is 0 Å². The molecule has 2 rings (SSSR count). The lowest BCUT2D eigenvalue weighted by Gasteiger charge is -2.03. The molecule has 4 nitrogen and oxygen atoms in total. The summed E-state index contributed by atoms with van der Waals surface area (Å²) >= 11 is 0. The predicted octanol–water partition coefficient (Wildman–Crippen LogP) is 2.09. The van der Waals surface area contributed by atoms with Crippen LogP contribution in [0.3, 0.4) is 0 Å². The highest BCUT2D eigenvalue weighted by molar-refractivity contribution is 5.23. The maximum Gasteiger partial charge on any atom is 0.185 e. The number of benzene rings is 1. The summed E-state index contributed by atoms with van der Waals surface area (Å²) in [5.41, 5.74) is 2.59. The van der Waals surface area contributed by atoms with Crippen molar-refractivity contribution >= 4 is 0 Å². The van der Waals surface area contributed by atoms with Crippen LogP contribution in [-0.4, -0.2) is 15.0 Å². The van der Waals surface area contributed by atoms with Crippen LogP contribution < -0.4 is 0 Å². The van der Waals surface area contributed by atoms with E-state index in [0.29, 0.717) is 5.69 Å². The standard InChI is InChI=1S/C13H14N4/c1-11-13(10-14)15-16-17(11)9-5-8-12-6-3-2-4-7-12/h2-4,6-7H,5,8-9H2,1H3. The zero-order chi connectivity index (χ0) is 12.1. The maximum absolute atomic E-state index is 8.77. The summed E-state index contributed by atoms with van der Waals surface area (Å²) in [6.07, 6.45) is 2.01. The summed E-state index contributed by atoms with van der Waals surface area (Å²) < 4.78 is 1.79. The minimum Gasteiger partial charge on any atom is -0.248 e. The number of hydrogen-bond acceptors (Lipinski definition) is 3. The third kappa shape index (κ3) is 2.70. The summed E-state index contributed by atoms with van der Waals surface area (Å²) in [4.78, 5) is 0. The molecule has 0 N–H and O–H groups in total. The molecule has 0 aliphatic carbocycles. The Morgan fingerprint density at radius 3 is 2.71 bits per heavy atom. The van der Waals surface area contributed by atoms with E-state index in [0.717, 1.165) is 25.1 Å². The number of nitriles is 1. The summed E-state index contributed by atoms with van der Waals surface area (Å²) in [7, 11) is 0. The summed E-state index contributed by atoms with van der Waals surface area (Å²) in [6.45, 7) is 2.68. The van der Waals surface area contributed by atoms with Gasteiger partial charge in [-0.1, -0.05) is 35.5 Å². The Labute approximate surface area is 101 Å². The Kier molecular flexibility index (Phi) is 3.51. The second kappa shape index (κ2) is 5.26. The van der Waals surface area contributed by atoms with E-state index in [1.807, 2.05) is 31.2 Å². The van der Waals surface area contributed by atoms with Crippen LogP contribution in [0.15, 0.2) is 30.3 Å². The average Bonchev–Trinajstić information content (AvgIpc) is 2.72. The van der Waals surface area contributed by atoms with Gasteiger partial charge in [0.15, 0.2) is 5.69 Å². The van der Waals surface area contributed by atoms with Crippen molar-refractivity contribution in [1.29, 1.82) is 5.26 Å². The van der Waals surface area contributed by atoms with Crippen LogP contribution >= 0.6 is 0 Å². The van der Waals surface area contributed by atoms with E-state index in [9.17, 15) is 0 Å². The molecule has 0 spiro atoms. The SMILES string of the molecule is Cc1c(C#N)nnn1CCCc1ccccc1. The van der Waals surface area contributed by atoms with Crippen molar-refractivity contribution < 1.29 is 0 Å². The van der Waals surface area contributed by atoms with E-state index < -0.39 is 0 Å². The van der Waals surface area contributed by atoms with Crippen LogP contribution in [0.25, 0.3) is 0 Å². The largest absolute Gasteiger partial charge is 0.248 e. The van der Waals surface area contributed by atoms with Crippen LogP contribution in [0.4, 0.5) is 0 Å². The third-order valence-corrected chi connectivity index (χ3v) is 2.77. The van der Waals surface area contributed by atoms with Crippen molar-refractivity contribution in [3.63, 3.8) is 0 Å². The molecule has 1 heterocycles. The zero-order valence-electron chi connectivity index (χ0n) is 9.80. The lowest BCUT2D eigenvalue weighted by molar-refractivity contribution is 0.547. The smallest absolute Gasteiger partial charge is 0.185 e. The third-order valence-electron chi connectivity index (χ3n) is 2.77. The summed E-state index contributed by atoms with van der Waals surface area (Å²) in [5, 5.41) is 16.5. The number of aromatic nitrogens is 3. The van der Waals surface area contributed by atoms with E-state index in [1.165, 1.54) is 5.56 Å². The Morgan fingerprint density at radius 1 is 1.29 bits per heavy atom. The van der Waals surface area contributed by atoms with Gasteiger partial charge in [0.05, 0.1) is 5.69 Å². The molecular weight excluding hydrogens is 212 g/mol. The van der Waals surface area contributed by atoms with Gasteiger partial charge in [0.2, 0.25) is 0 Å². The van der Waals surface area contributed by atoms with Crippen LogP contribution in [0.1, 0.15) is 23.4 Å². The molecule has 4 heteroatoms. The number of nitrogens with zero attached hydrogens (tertiary/aromatic N) is 4. The number of aryl methyl sites for hydroxylation is 2. The molecular formula is C13H14N4. The highest BCUT2D eigenvalue weighted by Crippen LogP contribution is 2.06. The fourth-order valence-electron chi connectivity index (χ4n) is 1.75. The first kappa shape index (κ1) is 11.3. The first-order valence-corrected chi connectivity index (χ1v) is 5.65. The number of rotatable bonds is 4. The molecule has 17 heavy (non-hydrogen) atoms. The molecule has 1 aromatic heterocycles. The molecule has 0 aliphatic heterocycles. The van der Waals surface area contributed by atoms with Crippen molar-refractivity contribution in [1.82, 2.24) is 15.0 Å². The summed E-state index contributed by atoms with van der Waals surface area (Å²) in [5.74, 6) is 0. The molecule has 0 amide bonds. The van der Waals surface area contributed by atoms with Crippen LogP contribution in [-0.2, 0) is 13.0 Å². The Hall–Kier alpha value is -2.15. The molecule has 0 fully saturated rings. The minimum atomic E-state index is 0.421. The molecule has 86 valence electrons. The first-order valence-electron chi connectivity index (χ1n) is 5.65. The van der Waals surface area contributed by atoms with Gasteiger partial charge < -0.3 is 0 Å². The Bertz CT molecular complexity index is 522. The van der Waals surface area contributed by atoms with E-state index in [-0.39, 0.29) is 0 Å². The minimum absolute atomic E-state index is 0.421. The second-order valence-corrected chi connectivity index (χ2v) is 3.95. The monoisotopic (exact) mass is 226 g/mol. The zero-order valence-corrected chi connectivity index (χ0v) is 9.80. The van der Waals surface area contributed by atoms with Crippen molar-refractivity contribution in [3.05, 3.63) is 47.3 Å². The topological polar surface area (TPSA) is 54.5 Å². The van der Waals surface area contributed by atoms with Crippen molar-refractivity contribution in [2.45, 2.75) is 26.3 Å². The van der Waals surface area contributed by atoms with Gasteiger partial charge in [-0.25, -0.2) is 4.68 Å². The van der Waals surface area contributed by atoms with E-state index in [1.54, 1.807) is 4.68 Å². The molecule has 0 aliphatic rings. The Morgan fingerprint density at radius 2 is 2.06 bits per heavy atom. The van der Waals surface area contributed by atoms with Gasteiger partial charge in [-0.2, -0.15) is 5.26 Å². The van der Waals surface area contributed by atoms with E-state index in [4.69, 9.17) is 5.26 Å². The van der Waals surface area contributed by atoms with Crippen LogP contribution in [0.5, 0.6) is 0 Å². The lowest BCUT2D eigenvalue weighted by Crippen LogP contribution is -2.04. The molecule has 1 aromatic carbocycles. The average molecular weight is 226 g/mol. The van der Waals surface area contributed by atoms with Gasteiger partial charge in [-0.3, -0.25) is 0 Å². The highest BCUT2D eigenvalue weighted by Gasteiger charge is 2.06.